The second-order valence-corrected chi connectivity index (χ2v) is 7.65. The van der Waals surface area contributed by atoms with Crippen molar-refractivity contribution in [2.75, 3.05) is 16.8 Å². The van der Waals surface area contributed by atoms with Crippen molar-refractivity contribution in [3.05, 3.63) is 46.0 Å². The molecule has 2 heterocycles. The zero-order valence-corrected chi connectivity index (χ0v) is 15.6. The molecule has 26 heavy (non-hydrogen) atoms. The van der Waals surface area contributed by atoms with E-state index < -0.39 is 0 Å². The van der Waals surface area contributed by atoms with E-state index in [1.54, 1.807) is 17.4 Å². The number of carbonyl (C=O) groups excluding carboxylic acids is 2. The van der Waals surface area contributed by atoms with Crippen molar-refractivity contribution in [2.45, 2.75) is 39.0 Å². The summed E-state index contributed by atoms with van der Waals surface area (Å²) in [5.74, 6) is -0.0219. The SMILES string of the molecule is CCC(=O)N1CCCc2cc(C(=O)Nc3nc4c(s3)CCC=C4)ccc21.[HH]. The lowest BCUT2D eigenvalue weighted by Crippen LogP contribution is -2.35. The van der Waals surface area contributed by atoms with Crippen molar-refractivity contribution < 1.29 is 11.0 Å². The van der Waals surface area contributed by atoms with Gasteiger partial charge in [0.25, 0.3) is 5.91 Å². The van der Waals surface area contributed by atoms with E-state index in [1.165, 1.54) is 4.88 Å². The van der Waals surface area contributed by atoms with Gasteiger partial charge in [-0.2, -0.15) is 0 Å². The first kappa shape index (κ1) is 17.0. The maximum absolute atomic E-state index is 12.6. The molecule has 2 amide bonds. The fourth-order valence-corrected chi connectivity index (χ4v) is 4.45. The molecule has 1 aromatic heterocycles. The Bertz CT molecular complexity index is 907. The summed E-state index contributed by atoms with van der Waals surface area (Å²) in [5.41, 5.74) is 3.58. The summed E-state index contributed by atoms with van der Waals surface area (Å²) in [5, 5.41) is 3.57. The minimum Gasteiger partial charge on any atom is -0.312 e. The zero-order valence-electron chi connectivity index (χ0n) is 14.7. The first-order valence-electron chi connectivity index (χ1n) is 9.06. The molecular weight excluding hydrogens is 346 g/mol. The molecule has 136 valence electrons. The Balaban J connectivity index is 0.00000210. The first-order chi connectivity index (χ1) is 12.7. The lowest BCUT2D eigenvalue weighted by Gasteiger charge is -2.29. The predicted octanol–water partition coefficient (Wildman–Crippen LogP) is 4.29. The van der Waals surface area contributed by atoms with Crippen LogP contribution in [0.3, 0.4) is 0 Å². The number of rotatable bonds is 3. The van der Waals surface area contributed by atoms with Gasteiger partial charge in [-0.15, -0.1) is 11.3 Å². The van der Waals surface area contributed by atoms with Crippen LogP contribution in [0.1, 0.15) is 54.1 Å². The molecule has 4 rings (SSSR count). The van der Waals surface area contributed by atoms with Crippen LogP contribution in [0, 0.1) is 0 Å². The summed E-state index contributed by atoms with van der Waals surface area (Å²) < 4.78 is 0. The number of amides is 2. The van der Waals surface area contributed by atoms with E-state index in [0.717, 1.165) is 49.2 Å². The third-order valence-corrected chi connectivity index (χ3v) is 5.87. The van der Waals surface area contributed by atoms with Crippen LogP contribution in [0.15, 0.2) is 24.3 Å². The van der Waals surface area contributed by atoms with Gasteiger partial charge in [-0.25, -0.2) is 4.98 Å². The molecule has 0 saturated carbocycles. The highest BCUT2D eigenvalue weighted by atomic mass is 32.1. The lowest BCUT2D eigenvalue weighted by molar-refractivity contribution is -0.118. The molecular formula is C20H23N3O2S. The maximum atomic E-state index is 12.6. The molecule has 0 fully saturated rings. The minimum absolute atomic E-state index is 0. The van der Waals surface area contributed by atoms with Crippen molar-refractivity contribution in [3.63, 3.8) is 0 Å². The van der Waals surface area contributed by atoms with Crippen molar-refractivity contribution in [1.82, 2.24) is 4.98 Å². The second-order valence-electron chi connectivity index (χ2n) is 6.57. The quantitative estimate of drug-likeness (QED) is 0.878. The smallest absolute Gasteiger partial charge is 0.257 e. The Labute approximate surface area is 158 Å². The van der Waals surface area contributed by atoms with Crippen LogP contribution in [0.2, 0.25) is 0 Å². The number of fused-ring (bicyclic) bond motifs is 2. The largest absolute Gasteiger partial charge is 0.312 e. The molecule has 1 aliphatic carbocycles. The molecule has 0 atom stereocenters. The summed E-state index contributed by atoms with van der Waals surface area (Å²) >= 11 is 1.55. The van der Waals surface area contributed by atoms with Crippen LogP contribution in [0.4, 0.5) is 10.8 Å². The van der Waals surface area contributed by atoms with E-state index in [-0.39, 0.29) is 13.2 Å². The average Bonchev–Trinajstić information content (AvgIpc) is 3.08. The number of carbonyl (C=O) groups is 2. The van der Waals surface area contributed by atoms with Crippen molar-refractivity contribution in [3.8, 4) is 0 Å². The number of hydrogen-bond donors (Lipinski definition) is 1. The van der Waals surface area contributed by atoms with E-state index in [0.29, 0.717) is 17.1 Å². The maximum Gasteiger partial charge on any atom is 0.257 e. The summed E-state index contributed by atoms with van der Waals surface area (Å²) in [4.78, 5) is 32.3. The fraction of sp³-hybridized carbons (Fsp3) is 0.350. The Hall–Kier alpha value is -2.47. The number of nitrogens with zero attached hydrogens (tertiary/aromatic N) is 2. The molecule has 0 bridgehead atoms. The molecule has 0 saturated heterocycles. The van der Waals surface area contributed by atoms with E-state index in [2.05, 4.69) is 16.4 Å². The number of thiazole rings is 1. The second kappa shape index (κ2) is 7.03. The van der Waals surface area contributed by atoms with Gasteiger partial charge in [0.2, 0.25) is 5.91 Å². The Morgan fingerprint density at radius 3 is 3.04 bits per heavy atom. The number of hydrogen-bond acceptors (Lipinski definition) is 4. The van der Waals surface area contributed by atoms with Gasteiger partial charge < -0.3 is 4.90 Å². The van der Waals surface area contributed by atoms with Gasteiger partial charge in [-0.05, 0) is 55.5 Å². The standard InChI is InChI=1S/C20H21N3O2S.H2/c1-2-18(24)23-11-5-6-13-12-14(9-10-16(13)23)19(25)22-20-21-15-7-3-4-8-17(15)26-20;/h3,7,9-10,12H,2,4-6,8,11H2,1H3,(H,21,22,25);1H. The van der Waals surface area contributed by atoms with E-state index in [1.807, 2.05) is 30.0 Å². The average molecular weight is 369 g/mol. The Morgan fingerprint density at radius 2 is 2.23 bits per heavy atom. The summed E-state index contributed by atoms with van der Waals surface area (Å²) in [6.07, 6.45) is 8.45. The third kappa shape index (κ3) is 3.17. The molecule has 0 spiro atoms. The van der Waals surface area contributed by atoms with Crippen LogP contribution in [0.5, 0.6) is 0 Å². The van der Waals surface area contributed by atoms with E-state index in [9.17, 15) is 9.59 Å². The number of benzene rings is 1. The van der Waals surface area contributed by atoms with Gasteiger partial charge in [-0.1, -0.05) is 13.0 Å². The Kier molecular flexibility index (Phi) is 4.59. The number of nitrogens with one attached hydrogen (secondary N) is 1. The first-order valence-corrected chi connectivity index (χ1v) is 9.88. The van der Waals surface area contributed by atoms with E-state index >= 15 is 0 Å². The minimum atomic E-state index is -0.151. The van der Waals surface area contributed by atoms with Crippen LogP contribution < -0.4 is 10.2 Å². The normalized spacial score (nSPS) is 15.3. The van der Waals surface area contributed by atoms with E-state index in [4.69, 9.17) is 0 Å². The lowest BCUT2D eigenvalue weighted by atomic mass is 9.98. The molecule has 0 radical (unpaired) electrons. The highest BCUT2D eigenvalue weighted by Gasteiger charge is 2.23. The topological polar surface area (TPSA) is 62.3 Å². The molecule has 2 aliphatic rings. The van der Waals surface area contributed by atoms with Gasteiger partial charge in [0.15, 0.2) is 5.13 Å². The van der Waals surface area contributed by atoms with Crippen molar-refractivity contribution >= 4 is 40.0 Å². The molecule has 1 aliphatic heterocycles. The molecule has 1 aromatic carbocycles. The number of anilines is 2. The number of allylic oxidation sites excluding steroid dienone is 1. The van der Waals surface area contributed by atoms with Crippen molar-refractivity contribution in [1.29, 1.82) is 0 Å². The molecule has 6 heteroatoms. The number of aryl methyl sites for hydroxylation is 2. The fourth-order valence-electron chi connectivity index (χ4n) is 3.49. The van der Waals surface area contributed by atoms with Gasteiger partial charge >= 0.3 is 0 Å². The summed E-state index contributed by atoms with van der Waals surface area (Å²) in [7, 11) is 0. The van der Waals surface area contributed by atoms with Gasteiger partial charge in [-0.3, -0.25) is 14.9 Å². The molecule has 5 nitrogen and oxygen atoms in total. The zero-order chi connectivity index (χ0) is 18.1. The monoisotopic (exact) mass is 369 g/mol. The highest BCUT2D eigenvalue weighted by molar-refractivity contribution is 7.16. The van der Waals surface area contributed by atoms with Gasteiger partial charge in [0, 0.05) is 30.5 Å². The molecule has 2 aromatic rings. The third-order valence-electron chi connectivity index (χ3n) is 4.83. The van der Waals surface area contributed by atoms with Gasteiger partial charge in [0.1, 0.15) is 0 Å². The highest BCUT2D eigenvalue weighted by Crippen LogP contribution is 2.31. The summed E-state index contributed by atoms with van der Waals surface area (Å²) in [6, 6.07) is 5.60. The van der Waals surface area contributed by atoms with Gasteiger partial charge in [0.05, 0.1) is 5.69 Å². The predicted molar refractivity (Wildman–Crippen MR) is 107 cm³/mol. The van der Waals surface area contributed by atoms with Crippen LogP contribution in [-0.4, -0.2) is 23.3 Å². The van der Waals surface area contributed by atoms with Crippen LogP contribution in [0.25, 0.3) is 6.08 Å². The number of aromatic nitrogens is 1. The van der Waals surface area contributed by atoms with Crippen LogP contribution >= 0.6 is 11.3 Å². The Morgan fingerprint density at radius 1 is 1.35 bits per heavy atom. The van der Waals surface area contributed by atoms with Crippen molar-refractivity contribution in [2.24, 2.45) is 0 Å². The molecule has 0 unspecified atom stereocenters. The summed E-state index contributed by atoms with van der Waals surface area (Å²) in [6.45, 7) is 2.63. The van der Waals surface area contributed by atoms with Crippen LogP contribution in [-0.2, 0) is 17.6 Å². The molecule has 1 N–H and O–H groups in total.